The molecule has 1 aliphatic heterocycles. The summed E-state index contributed by atoms with van der Waals surface area (Å²) in [6.45, 7) is 7.37. The van der Waals surface area contributed by atoms with E-state index in [1.807, 2.05) is 0 Å². The third-order valence-electron chi connectivity index (χ3n) is 3.45. The number of rotatable bonds is 12. The van der Waals surface area contributed by atoms with Gasteiger partial charge in [0.15, 0.2) is 0 Å². The van der Waals surface area contributed by atoms with E-state index in [1.165, 1.54) is 19.4 Å². The highest BCUT2D eigenvalue weighted by atomic mass is 16.5. The molecular weight excluding hydrogens is 244 g/mol. The minimum Gasteiger partial charge on any atom is -0.383 e. The maximum Gasteiger partial charge on any atom is 0.0700 e. The van der Waals surface area contributed by atoms with E-state index in [4.69, 9.17) is 14.2 Å². The van der Waals surface area contributed by atoms with Crippen LogP contribution < -0.4 is 5.32 Å². The molecule has 1 rings (SSSR count). The Labute approximate surface area is 117 Å². The lowest BCUT2D eigenvalue weighted by Gasteiger charge is -2.25. The molecule has 5 nitrogen and oxygen atoms in total. The lowest BCUT2D eigenvalue weighted by molar-refractivity contribution is 0.0627. The highest BCUT2D eigenvalue weighted by Gasteiger charge is 2.17. The van der Waals surface area contributed by atoms with Gasteiger partial charge in [0, 0.05) is 46.5 Å². The van der Waals surface area contributed by atoms with Gasteiger partial charge in [0.05, 0.1) is 19.8 Å². The van der Waals surface area contributed by atoms with E-state index < -0.39 is 0 Å². The first-order valence-corrected chi connectivity index (χ1v) is 7.38. The zero-order chi connectivity index (χ0) is 13.8. The third kappa shape index (κ3) is 8.55. The molecule has 0 amide bonds. The molecule has 19 heavy (non-hydrogen) atoms. The zero-order valence-corrected chi connectivity index (χ0v) is 12.5. The van der Waals surface area contributed by atoms with Gasteiger partial charge in [-0.3, -0.25) is 4.90 Å². The Morgan fingerprint density at radius 1 is 1.05 bits per heavy atom. The van der Waals surface area contributed by atoms with Crippen LogP contribution in [0.25, 0.3) is 0 Å². The predicted octanol–water partition coefficient (Wildman–Crippen LogP) is 0.740. The van der Waals surface area contributed by atoms with Gasteiger partial charge in [-0.1, -0.05) is 0 Å². The zero-order valence-electron chi connectivity index (χ0n) is 12.5. The number of nitrogens with one attached hydrogen (secondary N) is 1. The Bertz CT molecular complexity index is 199. The van der Waals surface area contributed by atoms with Crippen LogP contribution in [0, 0.1) is 0 Å². The molecule has 1 unspecified atom stereocenters. The average Bonchev–Trinajstić information content (AvgIpc) is 2.92. The van der Waals surface area contributed by atoms with E-state index in [0.29, 0.717) is 19.3 Å². The van der Waals surface area contributed by atoms with Crippen LogP contribution in [0.3, 0.4) is 0 Å². The molecule has 5 heteroatoms. The first-order chi connectivity index (χ1) is 9.36. The molecule has 0 spiro atoms. The van der Waals surface area contributed by atoms with Crippen molar-refractivity contribution in [1.82, 2.24) is 10.2 Å². The van der Waals surface area contributed by atoms with E-state index >= 15 is 0 Å². The Kier molecular flexibility index (Phi) is 10.3. The molecule has 0 aromatic heterocycles. The molecule has 1 fully saturated rings. The molecule has 0 aromatic rings. The minimum atomic E-state index is 0.659. The van der Waals surface area contributed by atoms with Crippen molar-refractivity contribution in [2.75, 3.05) is 66.8 Å². The summed E-state index contributed by atoms with van der Waals surface area (Å²) < 4.78 is 15.6. The first-order valence-electron chi connectivity index (χ1n) is 7.38. The fourth-order valence-electron chi connectivity index (χ4n) is 2.37. The first kappa shape index (κ1) is 16.9. The van der Waals surface area contributed by atoms with Gasteiger partial charge in [0.25, 0.3) is 0 Å². The molecule has 1 saturated heterocycles. The van der Waals surface area contributed by atoms with E-state index in [0.717, 1.165) is 39.3 Å². The van der Waals surface area contributed by atoms with Crippen molar-refractivity contribution in [3.8, 4) is 0 Å². The van der Waals surface area contributed by atoms with Crippen molar-refractivity contribution in [2.45, 2.75) is 25.3 Å². The summed E-state index contributed by atoms with van der Waals surface area (Å²) in [6.07, 6.45) is 3.68. The highest BCUT2D eigenvalue weighted by Crippen LogP contribution is 2.07. The maximum atomic E-state index is 5.50. The number of nitrogens with zero attached hydrogens (tertiary/aromatic N) is 1. The highest BCUT2D eigenvalue weighted by molar-refractivity contribution is 4.77. The normalized spacial score (nSPS) is 19.4. The van der Waals surface area contributed by atoms with Gasteiger partial charge in [-0.05, 0) is 25.8 Å². The number of ether oxygens (including phenoxy) is 3. The summed E-state index contributed by atoms with van der Waals surface area (Å²) in [5.74, 6) is 0. The van der Waals surface area contributed by atoms with Crippen molar-refractivity contribution in [3.05, 3.63) is 0 Å². The molecule has 114 valence electrons. The average molecular weight is 274 g/mol. The monoisotopic (exact) mass is 274 g/mol. The maximum absolute atomic E-state index is 5.50. The summed E-state index contributed by atoms with van der Waals surface area (Å²) in [7, 11) is 3.46. The summed E-state index contributed by atoms with van der Waals surface area (Å²) in [5.41, 5.74) is 0. The van der Waals surface area contributed by atoms with Crippen LogP contribution in [-0.2, 0) is 14.2 Å². The molecule has 1 N–H and O–H groups in total. The Balaban J connectivity index is 2.09. The molecular formula is C14H30N2O3. The molecule has 0 saturated carbocycles. The molecule has 1 atom stereocenters. The smallest absolute Gasteiger partial charge is 0.0700 e. The second-order valence-electron chi connectivity index (χ2n) is 5.05. The van der Waals surface area contributed by atoms with Gasteiger partial charge < -0.3 is 19.5 Å². The molecule has 1 heterocycles. The van der Waals surface area contributed by atoms with Crippen molar-refractivity contribution in [1.29, 1.82) is 0 Å². The van der Waals surface area contributed by atoms with Crippen LogP contribution in [-0.4, -0.2) is 77.8 Å². The summed E-state index contributed by atoms with van der Waals surface area (Å²) in [5, 5.41) is 3.55. The molecule has 0 bridgehead atoms. The van der Waals surface area contributed by atoms with E-state index in [9.17, 15) is 0 Å². The van der Waals surface area contributed by atoms with Crippen molar-refractivity contribution in [3.63, 3.8) is 0 Å². The SMILES string of the molecule is COCCOCCCN(CCOC)CC1CCCN1. The topological polar surface area (TPSA) is 43.0 Å². The van der Waals surface area contributed by atoms with Crippen LogP contribution >= 0.6 is 0 Å². The van der Waals surface area contributed by atoms with Gasteiger partial charge in [-0.25, -0.2) is 0 Å². The molecule has 0 radical (unpaired) electrons. The minimum absolute atomic E-state index is 0.659. The summed E-state index contributed by atoms with van der Waals surface area (Å²) >= 11 is 0. The van der Waals surface area contributed by atoms with Gasteiger partial charge in [0.1, 0.15) is 0 Å². The van der Waals surface area contributed by atoms with Crippen molar-refractivity contribution in [2.24, 2.45) is 0 Å². The standard InChI is InChI=1S/C14H30N2O3/c1-17-10-8-16(13-14-5-3-6-15-14)7-4-9-19-12-11-18-2/h14-15H,3-13H2,1-2H3. The summed E-state index contributed by atoms with van der Waals surface area (Å²) in [4.78, 5) is 2.48. The van der Waals surface area contributed by atoms with Crippen molar-refractivity contribution < 1.29 is 14.2 Å². The Hall–Kier alpha value is -0.200. The summed E-state index contributed by atoms with van der Waals surface area (Å²) in [6, 6.07) is 0.659. The number of methoxy groups -OCH3 is 2. The second-order valence-corrected chi connectivity index (χ2v) is 5.05. The number of hydrogen-bond donors (Lipinski definition) is 1. The lowest BCUT2D eigenvalue weighted by Crippen LogP contribution is -2.39. The van der Waals surface area contributed by atoms with Gasteiger partial charge in [-0.2, -0.15) is 0 Å². The van der Waals surface area contributed by atoms with Crippen LogP contribution in [0.15, 0.2) is 0 Å². The molecule has 0 aromatic carbocycles. The van der Waals surface area contributed by atoms with E-state index in [1.54, 1.807) is 14.2 Å². The van der Waals surface area contributed by atoms with E-state index in [-0.39, 0.29) is 0 Å². The largest absolute Gasteiger partial charge is 0.383 e. The van der Waals surface area contributed by atoms with Gasteiger partial charge in [0.2, 0.25) is 0 Å². The quantitative estimate of drug-likeness (QED) is 0.532. The van der Waals surface area contributed by atoms with Crippen LogP contribution in [0.4, 0.5) is 0 Å². The fourth-order valence-corrected chi connectivity index (χ4v) is 2.37. The van der Waals surface area contributed by atoms with Gasteiger partial charge in [-0.15, -0.1) is 0 Å². The van der Waals surface area contributed by atoms with Gasteiger partial charge >= 0.3 is 0 Å². The van der Waals surface area contributed by atoms with Crippen LogP contribution in [0.2, 0.25) is 0 Å². The second kappa shape index (κ2) is 11.6. The number of hydrogen-bond acceptors (Lipinski definition) is 5. The predicted molar refractivity (Wildman–Crippen MR) is 76.7 cm³/mol. The fraction of sp³-hybridized carbons (Fsp3) is 1.00. The lowest BCUT2D eigenvalue weighted by atomic mass is 10.2. The van der Waals surface area contributed by atoms with E-state index in [2.05, 4.69) is 10.2 Å². The Morgan fingerprint density at radius 2 is 1.89 bits per heavy atom. The van der Waals surface area contributed by atoms with Crippen LogP contribution in [0.1, 0.15) is 19.3 Å². The van der Waals surface area contributed by atoms with Crippen LogP contribution in [0.5, 0.6) is 0 Å². The van der Waals surface area contributed by atoms with Crippen molar-refractivity contribution >= 4 is 0 Å². The Morgan fingerprint density at radius 3 is 2.58 bits per heavy atom. The third-order valence-corrected chi connectivity index (χ3v) is 3.45. The molecule has 1 aliphatic rings. The molecule has 0 aliphatic carbocycles.